The summed E-state index contributed by atoms with van der Waals surface area (Å²) < 4.78 is 44.5. The molecule has 0 radical (unpaired) electrons. The number of carbonyl (C=O) groups is 1. The molecule has 1 atom stereocenters. The van der Waals surface area contributed by atoms with Gasteiger partial charge in [-0.3, -0.25) is 5.32 Å². The number of amides is 2. The molecule has 10 heteroatoms. The fourth-order valence-electron chi connectivity index (χ4n) is 1.84. The van der Waals surface area contributed by atoms with Gasteiger partial charge in [0.05, 0.1) is 0 Å². The molecule has 23 heavy (non-hydrogen) atoms. The van der Waals surface area contributed by atoms with Crippen molar-refractivity contribution >= 4 is 22.5 Å². The van der Waals surface area contributed by atoms with Crippen molar-refractivity contribution in [3.8, 4) is 0 Å². The van der Waals surface area contributed by atoms with Crippen molar-refractivity contribution in [1.82, 2.24) is 10.3 Å². The first-order valence-corrected chi connectivity index (χ1v) is 7.41. The number of alkyl halides is 3. The van der Waals surface area contributed by atoms with Gasteiger partial charge >= 0.3 is 12.2 Å². The first-order valence-electron chi connectivity index (χ1n) is 6.53. The molecular weight excluding hydrogens is 335 g/mol. The highest BCUT2D eigenvalue weighted by Gasteiger charge is 2.56. The van der Waals surface area contributed by atoms with Crippen LogP contribution in [0.4, 0.5) is 23.1 Å². The normalized spacial score (nSPS) is 14.3. The van der Waals surface area contributed by atoms with Gasteiger partial charge in [0.2, 0.25) is 5.60 Å². The first-order chi connectivity index (χ1) is 10.7. The third-order valence-electron chi connectivity index (χ3n) is 3.04. The maximum Gasteiger partial charge on any atom is 0.424 e. The van der Waals surface area contributed by atoms with Crippen LogP contribution in [0.2, 0.25) is 0 Å². The molecule has 2 aromatic rings. The molecular formula is C13H14F3N3O3S. The number of furan rings is 1. The summed E-state index contributed by atoms with van der Waals surface area (Å²) >= 11 is 1.17. The van der Waals surface area contributed by atoms with Crippen molar-refractivity contribution in [2.75, 3.05) is 11.9 Å². The van der Waals surface area contributed by atoms with E-state index in [9.17, 15) is 23.1 Å². The van der Waals surface area contributed by atoms with Gasteiger partial charge in [0.15, 0.2) is 5.13 Å². The number of aryl methyl sites for hydroxylation is 1. The monoisotopic (exact) mass is 349 g/mol. The number of aromatic nitrogens is 1. The second-order valence-corrected chi connectivity index (χ2v) is 5.63. The number of hydrogen-bond acceptors (Lipinski definition) is 5. The Morgan fingerprint density at radius 1 is 1.43 bits per heavy atom. The van der Waals surface area contributed by atoms with E-state index >= 15 is 0 Å². The molecule has 0 fully saturated rings. The zero-order chi connectivity index (χ0) is 17.1. The molecule has 0 spiro atoms. The maximum absolute atomic E-state index is 13.2. The number of nitrogens with one attached hydrogen (secondary N) is 2. The van der Waals surface area contributed by atoms with E-state index in [0.29, 0.717) is 5.13 Å². The zero-order valence-electron chi connectivity index (χ0n) is 12.0. The van der Waals surface area contributed by atoms with Gasteiger partial charge in [-0.05, 0) is 19.1 Å². The molecule has 126 valence electrons. The van der Waals surface area contributed by atoms with Crippen molar-refractivity contribution in [3.63, 3.8) is 0 Å². The third-order valence-corrected chi connectivity index (χ3v) is 3.73. The Morgan fingerprint density at radius 2 is 2.17 bits per heavy atom. The van der Waals surface area contributed by atoms with E-state index < -0.39 is 36.5 Å². The molecule has 2 rings (SSSR count). The summed E-state index contributed by atoms with van der Waals surface area (Å²) in [7, 11) is 0. The van der Waals surface area contributed by atoms with Crippen molar-refractivity contribution in [2.24, 2.45) is 0 Å². The number of carbonyl (C=O) groups excluding carboxylic acids is 1. The van der Waals surface area contributed by atoms with Gasteiger partial charge in [0.25, 0.3) is 0 Å². The highest BCUT2D eigenvalue weighted by atomic mass is 32.1. The number of aliphatic hydroxyl groups is 1. The van der Waals surface area contributed by atoms with Crippen molar-refractivity contribution in [2.45, 2.75) is 25.1 Å². The van der Waals surface area contributed by atoms with E-state index in [2.05, 4.69) is 15.6 Å². The minimum absolute atomic E-state index is 0.247. The van der Waals surface area contributed by atoms with E-state index in [1.165, 1.54) is 30.5 Å². The van der Waals surface area contributed by atoms with Crippen LogP contribution < -0.4 is 10.6 Å². The highest BCUT2D eigenvalue weighted by Crippen LogP contribution is 2.41. The van der Waals surface area contributed by atoms with Gasteiger partial charge in [-0.15, -0.1) is 11.3 Å². The predicted octanol–water partition coefficient (Wildman–Crippen LogP) is 3.01. The number of hydrogen-bond donors (Lipinski definition) is 3. The van der Waals surface area contributed by atoms with Crippen LogP contribution in [0.3, 0.4) is 0 Å². The topological polar surface area (TPSA) is 87.4 Å². The largest absolute Gasteiger partial charge is 0.463 e. The number of halogens is 3. The van der Waals surface area contributed by atoms with Crippen LogP contribution >= 0.6 is 11.3 Å². The van der Waals surface area contributed by atoms with Gasteiger partial charge in [0, 0.05) is 24.5 Å². The van der Waals surface area contributed by atoms with Crippen LogP contribution in [0.15, 0.2) is 28.1 Å². The van der Waals surface area contributed by atoms with Crippen molar-refractivity contribution in [3.05, 3.63) is 35.2 Å². The average molecular weight is 349 g/mol. The molecule has 0 saturated heterocycles. The Balaban J connectivity index is 1.98. The number of anilines is 1. The number of urea groups is 1. The number of rotatable bonds is 5. The molecule has 2 amide bonds. The quantitative estimate of drug-likeness (QED) is 0.774. The fourth-order valence-corrected chi connectivity index (χ4v) is 2.37. The van der Waals surface area contributed by atoms with Crippen LogP contribution in [0, 0.1) is 6.92 Å². The molecule has 2 heterocycles. The van der Waals surface area contributed by atoms with Crippen LogP contribution in [0.25, 0.3) is 0 Å². The van der Waals surface area contributed by atoms with E-state index in [0.717, 1.165) is 6.07 Å². The molecule has 0 aliphatic carbocycles. The Kier molecular flexibility index (Phi) is 4.95. The summed E-state index contributed by atoms with van der Waals surface area (Å²) in [5, 5.41) is 16.6. The van der Waals surface area contributed by atoms with E-state index in [4.69, 9.17) is 4.42 Å². The first kappa shape index (κ1) is 17.3. The predicted molar refractivity (Wildman–Crippen MR) is 77.1 cm³/mol. The lowest BCUT2D eigenvalue weighted by Crippen LogP contribution is -2.45. The molecule has 0 aliphatic heterocycles. The van der Waals surface area contributed by atoms with E-state index in [-0.39, 0.29) is 5.76 Å². The van der Waals surface area contributed by atoms with Crippen LogP contribution in [-0.4, -0.2) is 28.8 Å². The lowest BCUT2D eigenvalue weighted by atomic mass is 9.96. The molecule has 0 bridgehead atoms. The Hall–Kier alpha value is -2.07. The van der Waals surface area contributed by atoms with Crippen LogP contribution in [-0.2, 0) is 5.60 Å². The SMILES string of the molecule is Cc1ccc([C@](O)(CCNC(=O)Nc2nccs2)C(F)(F)F)o1. The molecule has 6 nitrogen and oxygen atoms in total. The number of nitrogens with zero attached hydrogens (tertiary/aromatic N) is 1. The van der Waals surface area contributed by atoms with Crippen molar-refractivity contribution in [1.29, 1.82) is 0 Å². The second kappa shape index (κ2) is 6.59. The molecule has 2 aromatic heterocycles. The van der Waals surface area contributed by atoms with E-state index in [1.807, 2.05) is 0 Å². The van der Waals surface area contributed by atoms with Crippen molar-refractivity contribution < 1.29 is 27.5 Å². The molecule has 3 N–H and O–H groups in total. The van der Waals surface area contributed by atoms with Gasteiger partial charge in [-0.25, -0.2) is 9.78 Å². The summed E-state index contributed by atoms with van der Waals surface area (Å²) in [6, 6.07) is 1.69. The fraction of sp³-hybridized carbons (Fsp3) is 0.385. The summed E-state index contributed by atoms with van der Waals surface area (Å²) in [5.74, 6) is -0.359. The van der Waals surface area contributed by atoms with Crippen LogP contribution in [0.5, 0.6) is 0 Å². The highest BCUT2D eigenvalue weighted by molar-refractivity contribution is 7.13. The molecule has 0 aromatic carbocycles. The van der Waals surface area contributed by atoms with Gasteiger partial charge in [0.1, 0.15) is 11.5 Å². The second-order valence-electron chi connectivity index (χ2n) is 4.74. The molecule has 0 unspecified atom stereocenters. The van der Waals surface area contributed by atoms with E-state index in [1.54, 1.807) is 5.38 Å². The Labute approximate surface area is 133 Å². The Bertz CT molecular complexity index is 657. The summed E-state index contributed by atoms with van der Waals surface area (Å²) in [6.07, 6.45) is -4.25. The van der Waals surface area contributed by atoms with Gasteiger partial charge in [-0.1, -0.05) is 0 Å². The summed E-state index contributed by atoms with van der Waals surface area (Å²) in [6.45, 7) is 1.06. The van der Waals surface area contributed by atoms with Crippen LogP contribution in [0.1, 0.15) is 17.9 Å². The average Bonchev–Trinajstić information content (AvgIpc) is 3.09. The van der Waals surface area contributed by atoms with Gasteiger partial charge < -0.3 is 14.8 Å². The molecule has 0 saturated carbocycles. The summed E-state index contributed by atoms with van der Waals surface area (Å²) in [5.41, 5.74) is -3.17. The molecule has 0 aliphatic rings. The standard InChI is InChI=1S/C13H14F3N3O3S/c1-8-2-3-9(22-8)12(21,13(14,15)16)4-5-17-10(20)19-11-18-6-7-23-11/h2-3,6-7,21H,4-5H2,1H3,(H2,17,18,19,20)/t12-/m1/s1. The summed E-state index contributed by atoms with van der Waals surface area (Å²) in [4.78, 5) is 15.3. The Morgan fingerprint density at radius 3 is 2.70 bits per heavy atom. The third kappa shape index (κ3) is 4.02. The zero-order valence-corrected chi connectivity index (χ0v) is 12.8. The lowest BCUT2D eigenvalue weighted by molar-refractivity contribution is -0.274. The minimum atomic E-state index is -4.94. The number of thiazole rings is 1. The smallest absolute Gasteiger partial charge is 0.424 e. The minimum Gasteiger partial charge on any atom is -0.463 e. The lowest BCUT2D eigenvalue weighted by Gasteiger charge is -2.28. The maximum atomic E-state index is 13.2. The van der Waals surface area contributed by atoms with Gasteiger partial charge in [-0.2, -0.15) is 13.2 Å².